The molecule has 0 unspecified atom stereocenters. The molecule has 1 heterocycles. The lowest BCUT2D eigenvalue weighted by atomic mass is 10.0. The number of benzene rings is 1. The minimum atomic E-state index is -0.463. The number of allylic oxidation sites excluding steroid dienone is 1. The zero-order valence-corrected chi connectivity index (χ0v) is 15.2. The average molecular weight is 348 g/mol. The van der Waals surface area contributed by atoms with Crippen molar-refractivity contribution in [3.05, 3.63) is 51.7 Å². The molecule has 128 valence electrons. The van der Waals surface area contributed by atoms with Crippen LogP contribution in [0.1, 0.15) is 33.3 Å². The minimum Gasteiger partial charge on any atom is -0.462 e. The first-order chi connectivity index (χ1) is 11.3. The predicted octanol–water partition coefficient (Wildman–Crippen LogP) is 4.06. The molecular formula is C19H22ClNO3. The fraction of sp³-hybridized carbons (Fsp3) is 0.368. The molecule has 0 radical (unpaired) electrons. The highest BCUT2D eigenvalue weighted by Gasteiger charge is 2.37. The maximum Gasteiger partial charge on any atom is 0.340 e. The van der Waals surface area contributed by atoms with Crippen molar-refractivity contribution in [3.8, 4) is 0 Å². The van der Waals surface area contributed by atoms with Gasteiger partial charge in [0, 0.05) is 17.3 Å². The van der Waals surface area contributed by atoms with Gasteiger partial charge in [-0.05, 0) is 43.5 Å². The highest BCUT2D eigenvalue weighted by Crippen LogP contribution is 2.32. The van der Waals surface area contributed by atoms with Gasteiger partial charge >= 0.3 is 5.97 Å². The van der Waals surface area contributed by atoms with Crippen LogP contribution in [0.2, 0.25) is 5.02 Å². The number of halogens is 1. The fourth-order valence-electron chi connectivity index (χ4n) is 2.64. The molecule has 0 saturated heterocycles. The number of amides is 1. The molecule has 2 rings (SSSR count). The molecule has 0 aliphatic carbocycles. The first kappa shape index (κ1) is 18.3. The Bertz CT molecular complexity index is 702. The lowest BCUT2D eigenvalue weighted by molar-refractivity contribution is -0.138. The lowest BCUT2D eigenvalue weighted by Crippen LogP contribution is -2.28. The van der Waals surface area contributed by atoms with Gasteiger partial charge in [0.2, 0.25) is 0 Å². The summed E-state index contributed by atoms with van der Waals surface area (Å²) in [5.41, 5.74) is 2.17. The molecule has 0 N–H and O–H groups in total. The third-order valence-corrected chi connectivity index (χ3v) is 3.97. The molecular weight excluding hydrogens is 326 g/mol. The molecule has 0 spiro atoms. The van der Waals surface area contributed by atoms with Crippen molar-refractivity contribution in [3.63, 3.8) is 0 Å². The molecule has 1 aromatic carbocycles. The van der Waals surface area contributed by atoms with Crippen LogP contribution < -0.4 is 0 Å². The largest absolute Gasteiger partial charge is 0.462 e. The van der Waals surface area contributed by atoms with Crippen molar-refractivity contribution in [2.45, 2.75) is 27.7 Å². The number of carbonyl (C=O) groups excluding carboxylic acids is 2. The van der Waals surface area contributed by atoms with Gasteiger partial charge in [0.1, 0.15) is 0 Å². The Morgan fingerprint density at radius 2 is 1.92 bits per heavy atom. The number of carbonyl (C=O) groups is 2. The molecule has 5 heteroatoms. The summed E-state index contributed by atoms with van der Waals surface area (Å²) in [4.78, 5) is 26.8. The maximum absolute atomic E-state index is 12.8. The smallest absolute Gasteiger partial charge is 0.340 e. The van der Waals surface area contributed by atoms with Crippen molar-refractivity contribution >= 4 is 29.6 Å². The summed E-state index contributed by atoms with van der Waals surface area (Å²) in [5, 5.41) is 0.619. The van der Waals surface area contributed by atoms with E-state index >= 15 is 0 Å². The van der Waals surface area contributed by atoms with Gasteiger partial charge in [-0.25, -0.2) is 4.79 Å². The molecule has 0 bridgehead atoms. The average Bonchev–Trinajstić information content (AvgIpc) is 2.74. The Hall–Kier alpha value is -2.07. The molecule has 0 fully saturated rings. The zero-order chi connectivity index (χ0) is 17.9. The second kappa shape index (κ2) is 7.67. The third kappa shape index (κ3) is 3.88. The Labute approximate surface area is 147 Å². The van der Waals surface area contributed by atoms with Gasteiger partial charge in [0.25, 0.3) is 5.91 Å². The zero-order valence-electron chi connectivity index (χ0n) is 14.4. The molecule has 4 nitrogen and oxygen atoms in total. The molecule has 0 aromatic heterocycles. The van der Waals surface area contributed by atoms with E-state index in [-0.39, 0.29) is 12.5 Å². The summed E-state index contributed by atoms with van der Waals surface area (Å²) < 4.78 is 5.15. The highest BCUT2D eigenvalue weighted by atomic mass is 35.5. The van der Waals surface area contributed by atoms with Crippen molar-refractivity contribution in [2.24, 2.45) is 5.92 Å². The lowest BCUT2D eigenvalue weighted by Gasteiger charge is -2.19. The van der Waals surface area contributed by atoms with E-state index in [1.54, 1.807) is 37.0 Å². The van der Waals surface area contributed by atoms with Crippen LogP contribution in [0.5, 0.6) is 0 Å². The van der Waals surface area contributed by atoms with Gasteiger partial charge in [0.15, 0.2) is 0 Å². The van der Waals surface area contributed by atoms with E-state index in [0.717, 1.165) is 5.56 Å². The Morgan fingerprint density at radius 1 is 1.29 bits per heavy atom. The van der Waals surface area contributed by atoms with E-state index in [9.17, 15) is 9.59 Å². The molecule has 1 aliphatic heterocycles. The summed E-state index contributed by atoms with van der Waals surface area (Å²) >= 11 is 5.90. The first-order valence-corrected chi connectivity index (χ1v) is 8.40. The van der Waals surface area contributed by atoms with Crippen LogP contribution in [0, 0.1) is 5.92 Å². The quantitative estimate of drug-likeness (QED) is 0.596. The van der Waals surface area contributed by atoms with Crippen LogP contribution in [0.15, 0.2) is 41.1 Å². The Kier molecular flexibility index (Phi) is 5.84. The van der Waals surface area contributed by atoms with Gasteiger partial charge in [-0.1, -0.05) is 37.6 Å². The molecule has 1 aromatic rings. The first-order valence-electron chi connectivity index (χ1n) is 8.02. The van der Waals surface area contributed by atoms with E-state index in [1.807, 2.05) is 26.0 Å². The molecule has 0 saturated carbocycles. The Balaban J connectivity index is 2.48. The SMILES string of the molecule is CCOC(=O)C1=C(C)N(CC(C)C)C(=O)C1=Cc1ccc(Cl)cc1. The molecule has 1 aliphatic rings. The van der Waals surface area contributed by atoms with Gasteiger partial charge in [-0.2, -0.15) is 0 Å². The van der Waals surface area contributed by atoms with E-state index in [1.165, 1.54) is 0 Å². The van der Waals surface area contributed by atoms with Crippen LogP contribution in [-0.4, -0.2) is 29.9 Å². The van der Waals surface area contributed by atoms with Crippen molar-refractivity contribution < 1.29 is 14.3 Å². The van der Waals surface area contributed by atoms with E-state index < -0.39 is 5.97 Å². The topological polar surface area (TPSA) is 46.6 Å². The standard InChI is InChI=1S/C19H22ClNO3/c1-5-24-19(23)17-13(4)21(11-12(2)3)18(22)16(17)10-14-6-8-15(20)9-7-14/h6-10,12H,5,11H2,1-4H3. The van der Waals surface area contributed by atoms with E-state index in [0.29, 0.717) is 34.3 Å². The molecule has 24 heavy (non-hydrogen) atoms. The summed E-state index contributed by atoms with van der Waals surface area (Å²) in [5.74, 6) is -0.337. The van der Waals surface area contributed by atoms with Gasteiger partial charge in [0.05, 0.1) is 17.8 Å². The number of hydrogen-bond acceptors (Lipinski definition) is 3. The van der Waals surface area contributed by atoms with Crippen LogP contribution in [0.25, 0.3) is 6.08 Å². The second-order valence-electron chi connectivity index (χ2n) is 6.10. The van der Waals surface area contributed by atoms with Crippen LogP contribution in [0.4, 0.5) is 0 Å². The number of ether oxygens (including phenoxy) is 1. The van der Waals surface area contributed by atoms with Crippen molar-refractivity contribution in [1.29, 1.82) is 0 Å². The maximum atomic E-state index is 12.8. The number of esters is 1. The van der Waals surface area contributed by atoms with Gasteiger partial charge in [-0.3, -0.25) is 4.79 Å². The van der Waals surface area contributed by atoms with Crippen LogP contribution >= 0.6 is 11.6 Å². The van der Waals surface area contributed by atoms with Gasteiger partial charge < -0.3 is 9.64 Å². The number of hydrogen-bond donors (Lipinski definition) is 0. The summed E-state index contributed by atoms with van der Waals surface area (Å²) in [7, 11) is 0. The molecule has 0 atom stereocenters. The van der Waals surface area contributed by atoms with Crippen molar-refractivity contribution in [1.82, 2.24) is 4.90 Å². The minimum absolute atomic E-state index is 0.167. The summed E-state index contributed by atoms with van der Waals surface area (Å²) in [6.45, 7) is 8.43. The fourth-order valence-corrected chi connectivity index (χ4v) is 2.77. The Morgan fingerprint density at radius 3 is 2.46 bits per heavy atom. The molecule has 1 amide bonds. The number of nitrogens with zero attached hydrogens (tertiary/aromatic N) is 1. The van der Waals surface area contributed by atoms with Crippen molar-refractivity contribution in [2.75, 3.05) is 13.2 Å². The summed E-state index contributed by atoms with van der Waals surface area (Å²) in [6.07, 6.45) is 1.72. The second-order valence-corrected chi connectivity index (χ2v) is 6.54. The van der Waals surface area contributed by atoms with Crippen LogP contribution in [0.3, 0.4) is 0 Å². The summed E-state index contributed by atoms with van der Waals surface area (Å²) in [6, 6.07) is 7.12. The van der Waals surface area contributed by atoms with Gasteiger partial charge in [-0.15, -0.1) is 0 Å². The third-order valence-electron chi connectivity index (χ3n) is 3.72. The number of rotatable bonds is 5. The van der Waals surface area contributed by atoms with E-state index in [4.69, 9.17) is 16.3 Å². The van der Waals surface area contributed by atoms with Crippen LogP contribution in [-0.2, 0) is 14.3 Å². The highest BCUT2D eigenvalue weighted by molar-refractivity contribution is 6.30. The van der Waals surface area contributed by atoms with E-state index in [2.05, 4.69) is 0 Å². The predicted molar refractivity (Wildman–Crippen MR) is 95.3 cm³/mol. The monoisotopic (exact) mass is 347 g/mol. The normalized spacial score (nSPS) is 16.5.